The summed E-state index contributed by atoms with van der Waals surface area (Å²) >= 11 is 0. The minimum atomic E-state index is -0.366. The van der Waals surface area contributed by atoms with E-state index < -0.39 is 0 Å². The molecule has 5 nitrogen and oxygen atoms in total. The first-order valence-corrected chi connectivity index (χ1v) is 12.5. The largest absolute Gasteiger partial charge is 0.497 e. The number of hydrogen-bond donors (Lipinski definition) is 0. The molecule has 0 radical (unpaired) electrons. The zero-order valence-electron chi connectivity index (χ0n) is 22.4. The maximum absolute atomic E-state index is 12.8. The molecule has 0 aromatic heterocycles. The second kappa shape index (κ2) is 13.6. The van der Waals surface area contributed by atoms with Gasteiger partial charge in [0.15, 0.2) is 5.78 Å². The summed E-state index contributed by atoms with van der Waals surface area (Å²) in [6.07, 6.45) is 0. The van der Waals surface area contributed by atoms with Crippen LogP contribution in [0.2, 0.25) is 0 Å². The summed E-state index contributed by atoms with van der Waals surface area (Å²) in [6, 6.07) is 28.5. The fourth-order valence-corrected chi connectivity index (χ4v) is 4.21. The highest BCUT2D eigenvalue weighted by atomic mass is 16.5. The molecule has 0 amide bonds. The second-order valence-corrected chi connectivity index (χ2v) is 9.78. The first-order valence-electron chi connectivity index (χ1n) is 12.5. The number of carbonyl (C=O) groups excluding carboxylic acids is 2. The first kappa shape index (κ1) is 31.8. The molecule has 40 heavy (non-hydrogen) atoms. The molecule has 210 valence electrons. The van der Waals surface area contributed by atoms with Crippen LogP contribution < -0.4 is 9.47 Å². The first-order chi connectivity index (χ1) is 18.2. The van der Waals surface area contributed by atoms with Gasteiger partial charge in [0.25, 0.3) is 0 Å². The normalized spacial score (nSPS) is 10.5. The lowest BCUT2D eigenvalue weighted by atomic mass is 9.77. The quantitative estimate of drug-likeness (QED) is 0.157. The highest BCUT2D eigenvalue weighted by Gasteiger charge is 2.25. The van der Waals surface area contributed by atoms with E-state index in [2.05, 4.69) is 26.0 Å². The van der Waals surface area contributed by atoms with Crippen molar-refractivity contribution in [3.63, 3.8) is 0 Å². The minimum absolute atomic E-state index is 0. The number of benzene rings is 4. The number of aryl methyl sites for hydroxylation is 1. The molecule has 0 N–H and O–H groups in total. The number of esters is 1. The highest BCUT2D eigenvalue weighted by Crippen LogP contribution is 2.36. The number of methoxy groups -OCH3 is 1. The van der Waals surface area contributed by atoms with Crippen molar-refractivity contribution in [2.45, 2.75) is 54.6 Å². The van der Waals surface area contributed by atoms with E-state index in [-0.39, 0.29) is 38.6 Å². The minimum Gasteiger partial charge on any atom is -0.497 e. The Labute approximate surface area is 238 Å². The molecule has 0 atom stereocenters. The summed E-state index contributed by atoms with van der Waals surface area (Å²) in [5.74, 6) is 1.55. The zero-order valence-corrected chi connectivity index (χ0v) is 22.4. The molecule has 5 heteroatoms. The molecule has 0 aliphatic rings. The van der Waals surface area contributed by atoms with Crippen molar-refractivity contribution in [3.8, 4) is 17.2 Å². The Hall–Kier alpha value is -4.38. The molecule has 0 spiro atoms. The van der Waals surface area contributed by atoms with Crippen molar-refractivity contribution >= 4 is 11.8 Å². The van der Waals surface area contributed by atoms with Crippen LogP contribution in [0.4, 0.5) is 0 Å². The van der Waals surface area contributed by atoms with Crippen molar-refractivity contribution in [1.29, 1.82) is 0 Å². The third kappa shape index (κ3) is 7.38. The summed E-state index contributed by atoms with van der Waals surface area (Å²) < 4.78 is 16.8. The number of hydrogen-bond acceptors (Lipinski definition) is 5. The summed E-state index contributed by atoms with van der Waals surface area (Å²) in [5.41, 5.74) is 4.94. The second-order valence-electron chi connectivity index (χ2n) is 9.78. The van der Waals surface area contributed by atoms with E-state index in [9.17, 15) is 9.59 Å². The Morgan fingerprint density at radius 3 is 1.80 bits per heavy atom. The maximum Gasteiger partial charge on any atom is 0.302 e. The van der Waals surface area contributed by atoms with Crippen LogP contribution >= 0.6 is 0 Å². The molecular formula is C35H40O5. The predicted molar refractivity (Wildman–Crippen MR) is 162 cm³/mol. The molecule has 0 aliphatic carbocycles. The monoisotopic (exact) mass is 540 g/mol. The van der Waals surface area contributed by atoms with Gasteiger partial charge in [0.1, 0.15) is 23.9 Å². The molecular weight excluding hydrogens is 500 g/mol. The van der Waals surface area contributed by atoms with E-state index in [1.165, 1.54) is 6.92 Å². The van der Waals surface area contributed by atoms with Gasteiger partial charge in [0, 0.05) is 29.0 Å². The third-order valence-corrected chi connectivity index (χ3v) is 6.68. The van der Waals surface area contributed by atoms with Crippen LogP contribution in [0.15, 0.2) is 91.0 Å². The average Bonchev–Trinajstić information content (AvgIpc) is 2.93. The molecule has 0 unspecified atom stereocenters. The molecule has 4 rings (SSSR count). The molecule has 0 saturated carbocycles. The van der Waals surface area contributed by atoms with E-state index in [1.54, 1.807) is 31.4 Å². The van der Waals surface area contributed by atoms with E-state index in [1.807, 2.05) is 61.5 Å². The van der Waals surface area contributed by atoms with Crippen LogP contribution in [0.25, 0.3) is 0 Å². The van der Waals surface area contributed by atoms with Gasteiger partial charge < -0.3 is 14.2 Å². The lowest BCUT2D eigenvalue weighted by Gasteiger charge is -2.27. The van der Waals surface area contributed by atoms with Gasteiger partial charge in [-0.15, -0.1) is 0 Å². The van der Waals surface area contributed by atoms with E-state index >= 15 is 0 Å². The Morgan fingerprint density at radius 1 is 0.725 bits per heavy atom. The third-order valence-electron chi connectivity index (χ3n) is 6.68. The van der Waals surface area contributed by atoms with Gasteiger partial charge in [-0.25, -0.2) is 0 Å². The van der Waals surface area contributed by atoms with Gasteiger partial charge in [-0.3, -0.25) is 9.59 Å². The fourth-order valence-electron chi connectivity index (χ4n) is 4.21. The van der Waals surface area contributed by atoms with E-state index in [0.29, 0.717) is 22.6 Å². The van der Waals surface area contributed by atoms with Gasteiger partial charge in [0.05, 0.1) is 7.11 Å². The molecule has 0 aliphatic heterocycles. The molecule has 0 bridgehead atoms. The number of rotatable bonds is 9. The molecule has 4 aromatic rings. The highest BCUT2D eigenvalue weighted by molar-refractivity contribution is 6.09. The van der Waals surface area contributed by atoms with Gasteiger partial charge in [-0.1, -0.05) is 76.7 Å². The summed E-state index contributed by atoms with van der Waals surface area (Å²) in [5, 5.41) is 0. The molecule has 0 saturated heterocycles. The molecule has 0 heterocycles. The van der Waals surface area contributed by atoms with Crippen LogP contribution in [0.5, 0.6) is 17.2 Å². The van der Waals surface area contributed by atoms with Crippen molar-refractivity contribution < 1.29 is 23.8 Å². The van der Waals surface area contributed by atoms with Crippen LogP contribution in [0.3, 0.4) is 0 Å². The van der Waals surface area contributed by atoms with Crippen molar-refractivity contribution in [1.82, 2.24) is 0 Å². The van der Waals surface area contributed by atoms with Crippen molar-refractivity contribution in [2.75, 3.05) is 7.11 Å². The Morgan fingerprint density at radius 2 is 1.25 bits per heavy atom. The Balaban J connectivity index is 0.00000280. The summed E-state index contributed by atoms with van der Waals surface area (Å²) in [7, 11) is 1.65. The summed E-state index contributed by atoms with van der Waals surface area (Å²) in [4.78, 5) is 24.4. The molecule has 0 fully saturated rings. The predicted octanol–water partition coefficient (Wildman–Crippen LogP) is 8.69. The van der Waals surface area contributed by atoms with Gasteiger partial charge in [-0.05, 0) is 66.6 Å². The standard InChI is InChI=1S/C33H32O5.2CH4/c1-22-6-8-24(9-7-22)32(35)25-10-15-30(16-11-25)38-31-19-14-28(20-26(31)21-37-23(2)34)33(3,4)27-12-17-29(36-5)18-13-27;;/h6-20H,21H2,1-5H3;2*1H4. The number of ketones is 1. The van der Waals surface area contributed by atoms with Gasteiger partial charge >= 0.3 is 5.97 Å². The SMILES string of the molecule is C.C.COc1ccc(C(C)(C)c2ccc(Oc3ccc(C(=O)c4ccc(C)cc4)cc3)c(COC(C)=O)c2)cc1. The van der Waals surface area contributed by atoms with E-state index in [4.69, 9.17) is 14.2 Å². The van der Waals surface area contributed by atoms with Crippen LogP contribution in [-0.2, 0) is 21.6 Å². The van der Waals surface area contributed by atoms with Crippen LogP contribution in [0, 0.1) is 6.92 Å². The smallest absolute Gasteiger partial charge is 0.302 e. The zero-order chi connectivity index (χ0) is 27.3. The number of ether oxygens (including phenoxy) is 3. The summed E-state index contributed by atoms with van der Waals surface area (Å²) in [6.45, 7) is 7.74. The van der Waals surface area contributed by atoms with Gasteiger partial charge in [0.2, 0.25) is 0 Å². The lowest BCUT2D eigenvalue weighted by Crippen LogP contribution is -2.19. The Kier molecular flexibility index (Phi) is 10.8. The topological polar surface area (TPSA) is 61.8 Å². The van der Waals surface area contributed by atoms with Crippen LogP contribution in [0.1, 0.15) is 73.8 Å². The lowest BCUT2D eigenvalue weighted by molar-refractivity contribution is -0.142. The van der Waals surface area contributed by atoms with E-state index in [0.717, 1.165) is 28.0 Å². The Bertz CT molecular complexity index is 1420. The fraction of sp³-hybridized carbons (Fsp3) is 0.257. The number of carbonyl (C=O) groups is 2. The van der Waals surface area contributed by atoms with Crippen molar-refractivity contribution in [3.05, 3.63) is 124 Å². The molecule has 4 aromatic carbocycles. The van der Waals surface area contributed by atoms with Crippen molar-refractivity contribution in [2.24, 2.45) is 0 Å². The van der Waals surface area contributed by atoms with Gasteiger partial charge in [-0.2, -0.15) is 0 Å². The average molecular weight is 541 g/mol. The maximum atomic E-state index is 12.8. The van der Waals surface area contributed by atoms with Crippen LogP contribution in [-0.4, -0.2) is 18.9 Å².